The van der Waals surface area contributed by atoms with Crippen LogP contribution in [0.2, 0.25) is 0 Å². The maximum atomic E-state index is 9.23. The van der Waals surface area contributed by atoms with Gasteiger partial charge in [0.25, 0.3) is 0 Å². The zero-order valence-electron chi connectivity index (χ0n) is 6.00. The molecule has 1 aliphatic heterocycles. The van der Waals surface area contributed by atoms with Crippen molar-refractivity contribution >= 4 is 7.85 Å². The Morgan fingerprint density at radius 1 is 1.78 bits per heavy atom. The molecule has 1 saturated heterocycles. The van der Waals surface area contributed by atoms with E-state index in [2.05, 4.69) is 0 Å². The molecule has 0 unspecified atom stereocenters. The fraction of sp³-hybridized carbons (Fsp3) is 1.00. The third-order valence-corrected chi connectivity index (χ3v) is 1.81. The van der Waals surface area contributed by atoms with Crippen molar-refractivity contribution in [2.45, 2.75) is 38.0 Å². The summed E-state index contributed by atoms with van der Waals surface area (Å²) >= 11 is 0. The lowest BCUT2D eigenvalue weighted by Crippen LogP contribution is -2.19. The maximum Gasteiger partial charge on any atom is 0.139 e. The maximum absolute atomic E-state index is 9.23. The lowest BCUT2D eigenvalue weighted by molar-refractivity contribution is 0.0305. The molecule has 0 amide bonds. The van der Waals surface area contributed by atoms with E-state index in [4.69, 9.17) is 4.74 Å². The Kier molecular flexibility index (Phi) is 2.14. The van der Waals surface area contributed by atoms with Gasteiger partial charge in [-0.2, -0.15) is 0 Å². The van der Waals surface area contributed by atoms with Crippen LogP contribution < -0.4 is 0 Å². The minimum Gasteiger partial charge on any atom is -0.390 e. The van der Waals surface area contributed by atoms with E-state index in [0.717, 1.165) is 12.8 Å². The van der Waals surface area contributed by atoms with Gasteiger partial charge in [-0.3, -0.25) is 0 Å². The summed E-state index contributed by atoms with van der Waals surface area (Å²) in [7, 11) is 2.00. The van der Waals surface area contributed by atoms with E-state index in [1.165, 1.54) is 0 Å². The summed E-state index contributed by atoms with van der Waals surface area (Å²) in [6.07, 6.45) is 1.61. The highest BCUT2D eigenvalue weighted by Gasteiger charge is 2.29. The molecule has 0 saturated carbocycles. The van der Waals surface area contributed by atoms with Crippen LogP contribution in [-0.4, -0.2) is 31.2 Å². The van der Waals surface area contributed by atoms with Crippen LogP contribution in [0.25, 0.3) is 0 Å². The number of hydrogen-bond donors (Lipinski definition) is 1. The summed E-state index contributed by atoms with van der Waals surface area (Å²) in [6, 6.07) is 0.255. The summed E-state index contributed by atoms with van der Waals surface area (Å²) in [5.41, 5.74) is 0. The second kappa shape index (κ2) is 2.71. The molecule has 1 heterocycles. The van der Waals surface area contributed by atoms with Gasteiger partial charge in [0.2, 0.25) is 0 Å². The Labute approximate surface area is 56.6 Å². The first-order valence-corrected chi connectivity index (χ1v) is 3.57. The quantitative estimate of drug-likeness (QED) is 0.482. The summed E-state index contributed by atoms with van der Waals surface area (Å²) in [5.74, 6) is 0. The standard InChI is InChI=1S/C6H13BO2/c1-2-5-4(8)3-6(7)9-5/h4-6,8H,2-3,7H2,1H3/t4-,5-,6-/m1/s1. The van der Waals surface area contributed by atoms with Crippen molar-refractivity contribution in [3.05, 3.63) is 0 Å². The van der Waals surface area contributed by atoms with E-state index in [0.29, 0.717) is 0 Å². The van der Waals surface area contributed by atoms with Crippen LogP contribution in [0.5, 0.6) is 0 Å². The number of ether oxygens (including phenoxy) is 1. The fourth-order valence-corrected chi connectivity index (χ4v) is 1.30. The lowest BCUT2D eigenvalue weighted by atomic mass is 9.96. The van der Waals surface area contributed by atoms with E-state index < -0.39 is 0 Å². The first kappa shape index (κ1) is 7.10. The van der Waals surface area contributed by atoms with Crippen molar-refractivity contribution in [3.63, 3.8) is 0 Å². The van der Waals surface area contributed by atoms with Crippen LogP contribution in [0.3, 0.4) is 0 Å². The fourth-order valence-electron chi connectivity index (χ4n) is 1.30. The lowest BCUT2D eigenvalue weighted by Gasteiger charge is -2.09. The molecular weight excluding hydrogens is 115 g/mol. The Hall–Kier alpha value is -0.0151. The van der Waals surface area contributed by atoms with Gasteiger partial charge < -0.3 is 9.84 Å². The van der Waals surface area contributed by atoms with E-state index in [1.807, 2.05) is 14.8 Å². The second-order valence-electron chi connectivity index (χ2n) is 2.70. The monoisotopic (exact) mass is 128 g/mol. The van der Waals surface area contributed by atoms with E-state index in [9.17, 15) is 5.11 Å². The van der Waals surface area contributed by atoms with Crippen LogP contribution in [0, 0.1) is 0 Å². The molecule has 0 radical (unpaired) electrons. The normalized spacial score (nSPS) is 43.6. The molecule has 1 aliphatic rings. The van der Waals surface area contributed by atoms with Crippen LogP contribution in [0.1, 0.15) is 19.8 Å². The van der Waals surface area contributed by atoms with Crippen molar-refractivity contribution in [2.75, 3.05) is 0 Å². The minimum atomic E-state index is -0.218. The molecule has 3 heteroatoms. The average Bonchev–Trinajstić information content (AvgIpc) is 2.10. The van der Waals surface area contributed by atoms with E-state index in [-0.39, 0.29) is 18.2 Å². The Morgan fingerprint density at radius 2 is 2.44 bits per heavy atom. The Balaban J connectivity index is 2.38. The molecule has 9 heavy (non-hydrogen) atoms. The second-order valence-corrected chi connectivity index (χ2v) is 2.70. The molecule has 0 aliphatic carbocycles. The Morgan fingerprint density at radius 3 is 2.67 bits per heavy atom. The van der Waals surface area contributed by atoms with Gasteiger partial charge in [0.1, 0.15) is 7.85 Å². The summed E-state index contributed by atoms with van der Waals surface area (Å²) < 4.78 is 5.37. The van der Waals surface area contributed by atoms with Gasteiger partial charge in [0.05, 0.1) is 12.2 Å². The molecule has 1 fully saturated rings. The van der Waals surface area contributed by atoms with Crippen LogP contribution in [0.15, 0.2) is 0 Å². The average molecular weight is 128 g/mol. The molecule has 0 aromatic rings. The predicted molar refractivity (Wildman–Crippen MR) is 38.1 cm³/mol. The molecule has 3 atom stereocenters. The minimum absolute atomic E-state index is 0.0972. The SMILES string of the molecule is B[C@H]1C[C@@H](O)[C@@H](CC)O1. The summed E-state index contributed by atoms with van der Waals surface area (Å²) in [4.78, 5) is 0. The van der Waals surface area contributed by atoms with Crippen molar-refractivity contribution < 1.29 is 9.84 Å². The number of rotatable bonds is 1. The first-order chi connectivity index (χ1) is 4.24. The number of aliphatic hydroxyl groups is 1. The van der Waals surface area contributed by atoms with E-state index in [1.54, 1.807) is 0 Å². The largest absolute Gasteiger partial charge is 0.390 e. The molecule has 0 bridgehead atoms. The third-order valence-electron chi connectivity index (χ3n) is 1.81. The van der Waals surface area contributed by atoms with Crippen molar-refractivity contribution in [3.8, 4) is 0 Å². The van der Waals surface area contributed by atoms with Gasteiger partial charge in [-0.15, -0.1) is 0 Å². The zero-order valence-corrected chi connectivity index (χ0v) is 6.00. The van der Waals surface area contributed by atoms with E-state index >= 15 is 0 Å². The van der Waals surface area contributed by atoms with Gasteiger partial charge >= 0.3 is 0 Å². The molecule has 0 aromatic carbocycles. The molecule has 2 nitrogen and oxygen atoms in total. The molecular formula is C6H13BO2. The summed E-state index contributed by atoms with van der Waals surface area (Å²) in [6.45, 7) is 2.03. The van der Waals surface area contributed by atoms with Gasteiger partial charge in [-0.25, -0.2) is 0 Å². The zero-order chi connectivity index (χ0) is 6.85. The molecule has 52 valence electrons. The number of aliphatic hydroxyl groups excluding tert-OH is 1. The van der Waals surface area contributed by atoms with Crippen LogP contribution in [0.4, 0.5) is 0 Å². The summed E-state index contributed by atoms with van der Waals surface area (Å²) in [5, 5.41) is 9.23. The van der Waals surface area contributed by atoms with Crippen LogP contribution >= 0.6 is 0 Å². The number of hydrogen-bond acceptors (Lipinski definition) is 2. The third kappa shape index (κ3) is 1.46. The van der Waals surface area contributed by atoms with Gasteiger partial charge in [0, 0.05) is 6.00 Å². The topological polar surface area (TPSA) is 29.5 Å². The molecule has 0 aromatic heterocycles. The molecule has 0 spiro atoms. The van der Waals surface area contributed by atoms with Crippen molar-refractivity contribution in [2.24, 2.45) is 0 Å². The first-order valence-electron chi connectivity index (χ1n) is 3.57. The van der Waals surface area contributed by atoms with Gasteiger partial charge in [-0.05, 0) is 12.8 Å². The Bertz CT molecular complexity index is 97.1. The van der Waals surface area contributed by atoms with Gasteiger partial charge in [0.15, 0.2) is 0 Å². The highest BCUT2D eigenvalue weighted by molar-refractivity contribution is 6.11. The predicted octanol–water partition coefficient (Wildman–Crippen LogP) is -0.495. The smallest absolute Gasteiger partial charge is 0.139 e. The van der Waals surface area contributed by atoms with Crippen LogP contribution in [-0.2, 0) is 4.74 Å². The highest BCUT2D eigenvalue weighted by Crippen LogP contribution is 2.19. The molecule has 1 N–H and O–H groups in total. The van der Waals surface area contributed by atoms with Crippen molar-refractivity contribution in [1.82, 2.24) is 0 Å². The highest BCUT2D eigenvalue weighted by atomic mass is 16.5. The van der Waals surface area contributed by atoms with Crippen molar-refractivity contribution in [1.29, 1.82) is 0 Å². The molecule has 1 rings (SSSR count). The van der Waals surface area contributed by atoms with Gasteiger partial charge in [-0.1, -0.05) is 6.92 Å².